The molecule has 1 aliphatic carbocycles. The Morgan fingerprint density at radius 3 is 2.30 bits per heavy atom. The highest BCUT2D eigenvalue weighted by molar-refractivity contribution is 6.32. The third-order valence-corrected chi connectivity index (χ3v) is 17.8. The highest BCUT2D eigenvalue weighted by Gasteiger charge is 2.51. The van der Waals surface area contributed by atoms with Gasteiger partial charge in [0.05, 0.1) is 47.9 Å². The molecule has 96 heavy (non-hydrogen) atoms. The summed E-state index contributed by atoms with van der Waals surface area (Å²) in [5.74, 6) is -8.82. The molecule has 6 heterocycles. The first-order valence-corrected chi connectivity index (χ1v) is 32.5. The van der Waals surface area contributed by atoms with E-state index in [1.54, 1.807) is 19.9 Å². The minimum atomic E-state index is -1.90. The van der Waals surface area contributed by atoms with E-state index >= 15 is 9.59 Å². The number of nitrogens with one attached hydrogen (secondary N) is 5. The van der Waals surface area contributed by atoms with Crippen LogP contribution in [0.2, 0.25) is 10.0 Å². The van der Waals surface area contributed by atoms with Crippen LogP contribution >= 0.6 is 23.2 Å². The smallest absolute Gasteiger partial charge is 0.247 e. The number of primary amides is 1. The second-order valence-electron chi connectivity index (χ2n) is 25.5. The number of benzene rings is 4. The summed E-state index contributed by atoms with van der Waals surface area (Å²) in [6.45, 7) is 5.40. The summed E-state index contributed by atoms with van der Waals surface area (Å²) < 4.78 is 39.1. The number of hydrogen-bond acceptors (Lipinski definition) is 22. The largest absolute Gasteiger partial charge is 0.508 e. The number of carbonyl (C=O) groups excluding carboxylic acids is 6. The van der Waals surface area contributed by atoms with Gasteiger partial charge in [-0.25, -0.2) is 0 Å². The maximum Gasteiger partial charge on any atom is 0.247 e. The van der Waals surface area contributed by atoms with E-state index in [4.69, 9.17) is 63.1 Å². The Hall–Kier alpha value is -7.64. The van der Waals surface area contributed by atoms with Crippen LogP contribution in [0.3, 0.4) is 0 Å². The van der Waals surface area contributed by atoms with Crippen LogP contribution in [0.4, 0.5) is 0 Å². The highest BCUT2D eigenvalue weighted by Crippen LogP contribution is 2.46. The lowest BCUT2D eigenvalue weighted by Crippen LogP contribution is -2.62. The Morgan fingerprint density at radius 2 is 1.60 bits per heavy atom. The second kappa shape index (κ2) is 31.7. The highest BCUT2D eigenvalue weighted by atomic mass is 35.5. The molecule has 6 aliphatic heterocycles. The van der Waals surface area contributed by atoms with E-state index < -0.39 is 170 Å². The van der Waals surface area contributed by atoms with Crippen molar-refractivity contribution in [3.63, 3.8) is 0 Å². The number of aromatic hydroxyl groups is 3. The van der Waals surface area contributed by atoms with Gasteiger partial charge in [0, 0.05) is 68.0 Å². The van der Waals surface area contributed by atoms with E-state index in [2.05, 4.69) is 26.6 Å². The molecule has 0 radical (unpaired) electrons. The molecule has 27 nitrogen and oxygen atoms in total. The van der Waals surface area contributed by atoms with Crippen LogP contribution in [0.25, 0.3) is 11.1 Å². The fourth-order valence-corrected chi connectivity index (χ4v) is 12.7. The lowest BCUT2D eigenvalue weighted by molar-refractivity contribution is -0.339. The molecule has 520 valence electrons. The van der Waals surface area contributed by atoms with Crippen molar-refractivity contribution in [1.29, 1.82) is 0 Å². The van der Waals surface area contributed by atoms with Gasteiger partial charge in [0.15, 0.2) is 30.0 Å². The number of fused-ring (bicyclic) bond motifs is 15. The molecule has 0 aromatic heterocycles. The Kier molecular flexibility index (Phi) is 24.0. The molecule has 5 amide bonds. The number of phenolic OH excluding ortho intramolecular Hbond substituents is 3. The van der Waals surface area contributed by atoms with Crippen molar-refractivity contribution < 1.29 is 98.0 Å². The van der Waals surface area contributed by atoms with Gasteiger partial charge in [-0.3, -0.25) is 28.8 Å². The molecule has 4 aromatic rings. The molecule has 2 saturated heterocycles. The van der Waals surface area contributed by atoms with Gasteiger partial charge < -0.3 is 107 Å². The zero-order valence-corrected chi connectivity index (χ0v) is 54.8. The van der Waals surface area contributed by atoms with E-state index in [-0.39, 0.29) is 118 Å². The van der Waals surface area contributed by atoms with Crippen molar-refractivity contribution in [3.05, 3.63) is 122 Å². The standard InChI is InChI=1S/C67H83Cl2N7O20/c1-5-16-72-64(89)56-39-22-36(79)23-46(82)55(39)38-17-33(8-11-44(38)80)27-74-65(90)57-35-20-49(92-47-13-9-32(18-40(47)68)7-12-45(56)81)61(96-66-62(60(87)59(86)51(30-78)94-66)95-54-26-67(4,71)25-37(29-77)91-54)50(21-35)93-48-14-10-34(19-41(48)69)58(85)43(75-53(84)15-6-31(2)3)28-73-42(24-52(70)83)63(88)76-57/h8-11,13-14,17-19,21-23,31,37,42-43,49,51,54,56-60,62,66,73,77-80,82,85-87H,5-7,12,15-16,20,24-30,71H2,1-4H3,(H2,70,83)(H,72,89)(H,74,90)(H,75,84)(H,76,88)/t37?,42-,43-,49?,51?,54?,56+,57+,58+,59?,60?,62?,66?,67?/m0/s1. The van der Waals surface area contributed by atoms with Gasteiger partial charge in [0.25, 0.3) is 0 Å². The Balaban J connectivity index is 1.25. The zero-order chi connectivity index (χ0) is 69.4. The molecule has 17 N–H and O–H groups in total. The molecule has 7 aliphatic rings. The van der Waals surface area contributed by atoms with Crippen molar-refractivity contribution in [2.75, 3.05) is 26.3 Å². The number of nitrogens with two attached hydrogens (primary N) is 2. The van der Waals surface area contributed by atoms with Crippen molar-refractivity contribution in [2.45, 2.75) is 177 Å². The number of hydrogen-bond donors (Lipinski definition) is 15. The first-order valence-electron chi connectivity index (χ1n) is 31.8. The summed E-state index contributed by atoms with van der Waals surface area (Å²) in [5.41, 5.74) is 11.7. The van der Waals surface area contributed by atoms with Gasteiger partial charge in [-0.2, -0.15) is 0 Å². The summed E-state index contributed by atoms with van der Waals surface area (Å²) in [5, 5.41) is 104. The van der Waals surface area contributed by atoms with E-state index in [0.717, 1.165) is 12.1 Å². The number of aryl methyl sites for hydroxylation is 1. The maximum absolute atomic E-state index is 15.5. The summed E-state index contributed by atoms with van der Waals surface area (Å²) in [6.07, 6.45) is -13.0. The van der Waals surface area contributed by atoms with Crippen LogP contribution in [-0.2, 0) is 60.7 Å². The van der Waals surface area contributed by atoms with Crippen molar-refractivity contribution >= 4 is 58.5 Å². The normalized spacial score (nSPS) is 28.2. The van der Waals surface area contributed by atoms with E-state index in [9.17, 15) is 60.0 Å². The van der Waals surface area contributed by atoms with E-state index in [0.29, 0.717) is 18.4 Å². The zero-order valence-electron chi connectivity index (χ0n) is 53.3. The van der Waals surface area contributed by atoms with Gasteiger partial charge in [-0.1, -0.05) is 62.2 Å². The third kappa shape index (κ3) is 17.5. The van der Waals surface area contributed by atoms with Crippen LogP contribution in [-0.4, -0.2) is 175 Å². The predicted molar refractivity (Wildman–Crippen MR) is 346 cm³/mol. The number of aliphatic hydroxyl groups is 5. The lowest BCUT2D eigenvalue weighted by Gasteiger charge is -2.46. The SMILES string of the molecule is CCCNC(=O)[C@H]1C(=O)CCc2ccc(c(Cl)c2)OC2CC3=CC(=C2OC2OC(CO)C(O)C(O)C2OC2CC(C)(N)CC(CO)O2)Oc2ccc(cc2Cl)[C@@H](O)[C@@H](NC(=O)CCC(C)C)CN[C@@H](CC(N)=O)C(=O)N[C@H]3C(=O)NCc2ccc(O)c(c2)-c2c(O)cc(O)cc21. The summed E-state index contributed by atoms with van der Waals surface area (Å²) >= 11 is 14.3. The fourth-order valence-electron chi connectivity index (χ4n) is 12.2. The van der Waals surface area contributed by atoms with Crippen LogP contribution in [0.1, 0.15) is 113 Å². The van der Waals surface area contributed by atoms with Gasteiger partial charge >= 0.3 is 0 Å². The molecule has 14 atom stereocenters. The molecule has 4 aromatic carbocycles. The van der Waals surface area contributed by atoms with E-state index in [1.165, 1.54) is 54.6 Å². The molecule has 0 saturated carbocycles. The molecular formula is C67H83Cl2N7O20. The monoisotopic (exact) mass is 1380 g/mol. The summed E-state index contributed by atoms with van der Waals surface area (Å²) in [4.78, 5) is 86.0. The van der Waals surface area contributed by atoms with E-state index in [1.807, 2.05) is 13.8 Å². The van der Waals surface area contributed by atoms with Crippen LogP contribution in [0.15, 0.2) is 89.9 Å². The number of phenols is 3. The Labute approximate surface area is 563 Å². The van der Waals surface area contributed by atoms with Gasteiger partial charge in [0.2, 0.25) is 35.8 Å². The van der Waals surface area contributed by atoms with Crippen molar-refractivity contribution in [3.8, 4) is 39.9 Å². The molecule has 9 bridgehead atoms. The number of carbonyl (C=O) groups is 6. The van der Waals surface area contributed by atoms with Gasteiger partial charge in [-0.05, 0) is 115 Å². The molecule has 9 unspecified atom stereocenters. The molecule has 29 heteroatoms. The molecule has 2 fully saturated rings. The van der Waals surface area contributed by atoms with Crippen LogP contribution in [0.5, 0.6) is 28.7 Å². The number of ether oxygens (including phenoxy) is 6. The van der Waals surface area contributed by atoms with Crippen LogP contribution in [0, 0.1) is 5.92 Å². The lowest BCUT2D eigenvalue weighted by atomic mass is 9.84. The second-order valence-corrected chi connectivity index (χ2v) is 26.3. The number of allylic oxidation sites excluding steroid dienone is 1. The average Bonchev–Trinajstić information content (AvgIpc) is 0.803. The Morgan fingerprint density at radius 1 is 0.865 bits per heavy atom. The number of aliphatic hydroxyl groups excluding tert-OH is 5. The quantitative estimate of drug-likeness (QED) is 0.0761. The fraction of sp³-hybridized carbons (Fsp3) is 0.493. The minimum absolute atomic E-state index is 0.000514. The number of Topliss-reactive ketones (excluding diaryl/α,β-unsaturated/α-hetero) is 1. The third-order valence-electron chi connectivity index (χ3n) is 17.2. The first kappa shape index (κ1) is 72.6. The number of ketones is 1. The number of amides is 5. The Bertz CT molecular complexity index is 3610. The topological polar surface area (TPSA) is 432 Å². The summed E-state index contributed by atoms with van der Waals surface area (Å²) in [7, 11) is 0. The van der Waals surface area contributed by atoms with Crippen molar-refractivity contribution in [2.24, 2.45) is 17.4 Å². The number of halogens is 2. The van der Waals surface area contributed by atoms with Crippen LogP contribution < -0.4 is 47.5 Å². The maximum atomic E-state index is 15.5. The van der Waals surface area contributed by atoms with Gasteiger partial charge in [0.1, 0.15) is 70.9 Å². The van der Waals surface area contributed by atoms with Crippen molar-refractivity contribution in [1.82, 2.24) is 26.6 Å². The predicted octanol–water partition coefficient (Wildman–Crippen LogP) is 2.93. The molecular weight excluding hydrogens is 1290 g/mol. The molecule has 11 rings (SSSR count). The average molecular weight is 1380 g/mol. The molecule has 0 spiro atoms. The number of rotatable bonds is 15. The van der Waals surface area contributed by atoms with Gasteiger partial charge in [-0.15, -0.1) is 0 Å². The summed E-state index contributed by atoms with van der Waals surface area (Å²) in [6, 6.07) is 10.2. The minimum Gasteiger partial charge on any atom is -0.508 e. The first-order chi connectivity index (χ1) is 45.6.